The Labute approximate surface area is 127 Å². The SMILES string of the molecule is O=[N+]([O-])c1ccc(/C=C/c2ccc(N(CO)CO)cc2)cc1. The van der Waals surface area contributed by atoms with Gasteiger partial charge in [0.05, 0.1) is 4.92 Å². The van der Waals surface area contributed by atoms with Crippen molar-refractivity contribution in [2.24, 2.45) is 0 Å². The predicted octanol–water partition coefficient (Wildman–Crippen LogP) is 2.47. The third kappa shape index (κ3) is 3.91. The van der Waals surface area contributed by atoms with E-state index in [0.29, 0.717) is 0 Å². The molecule has 2 N–H and O–H groups in total. The number of non-ortho nitro benzene ring substituents is 1. The van der Waals surface area contributed by atoms with Gasteiger partial charge in [-0.15, -0.1) is 0 Å². The van der Waals surface area contributed by atoms with E-state index in [1.165, 1.54) is 17.0 Å². The minimum atomic E-state index is -0.430. The number of aliphatic hydroxyl groups is 2. The van der Waals surface area contributed by atoms with Crippen molar-refractivity contribution < 1.29 is 15.1 Å². The Morgan fingerprint density at radius 3 is 1.77 bits per heavy atom. The molecule has 6 nitrogen and oxygen atoms in total. The van der Waals surface area contributed by atoms with Crippen LogP contribution in [0.2, 0.25) is 0 Å². The second-order valence-corrected chi connectivity index (χ2v) is 4.60. The fraction of sp³-hybridized carbons (Fsp3) is 0.125. The van der Waals surface area contributed by atoms with Crippen LogP contribution in [0.25, 0.3) is 12.2 Å². The van der Waals surface area contributed by atoms with Crippen molar-refractivity contribution in [1.82, 2.24) is 0 Å². The molecule has 6 heteroatoms. The lowest BCUT2D eigenvalue weighted by Crippen LogP contribution is -2.24. The topological polar surface area (TPSA) is 86.8 Å². The highest BCUT2D eigenvalue weighted by Crippen LogP contribution is 2.17. The maximum atomic E-state index is 10.6. The number of nitro benzene ring substituents is 1. The molecule has 0 amide bonds. The van der Waals surface area contributed by atoms with Crippen LogP contribution in [-0.2, 0) is 0 Å². The van der Waals surface area contributed by atoms with Crippen LogP contribution in [-0.4, -0.2) is 28.6 Å². The summed E-state index contributed by atoms with van der Waals surface area (Å²) in [5.41, 5.74) is 2.59. The van der Waals surface area contributed by atoms with Crippen LogP contribution in [0.1, 0.15) is 11.1 Å². The van der Waals surface area contributed by atoms with Gasteiger partial charge in [0.25, 0.3) is 5.69 Å². The Morgan fingerprint density at radius 1 is 0.909 bits per heavy atom. The smallest absolute Gasteiger partial charge is 0.269 e. The Hall–Kier alpha value is -2.70. The molecule has 0 aliphatic heterocycles. The summed E-state index contributed by atoms with van der Waals surface area (Å²) in [7, 11) is 0. The lowest BCUT2D eigenvalue weighted by atomic mass is 10.1. The predicted molar refractivity (Wildman–Crippen MR) is 85.1 cm³/mol. The zero-order chi connectivity index (χ0) is 15.9. The Bertz CT molecular complexity index is 647. The summed E-state index contributed by atoms with van der Waals surface area (Å²) in [6, 6.07) is 13.6. The van der Waals surface area contributed by atoms with Gasteiger partial charge in [0.1, 0.15) is 13.5 Å². The van der Waals surface area contributed by atoms with E-state index in [-0.39, 0.29) is 19.1 Å². The van der Waals surface area contributed by atoms with E-state index >= 15 is 0 Å². The molecule has 0 saturated carbocycles. The van der Waals surface area contributed by atoms with Crippen LogP contribution >= 0.6 is 0 Å². The summed E-state index contributed by atoms with van der Waals surface area (Å²) in [5.74, 6) is 0. The average Bonchev–Trinajstić information content (AvgIpc) is 2.55. The quantitative estimate of drug-likeness (QED) is 0.370. The van der Waals surface area contributed by atoms with E-state index in [1.807, 2.05) is 24.3 Å². The van der Waals surface area contributed by atoms with Gasteiger partial charge in [0.15, 0.2) is 0 Å². The van der Waals surface area contributed by atoms with E-state index in [9.17, 15) is 10.1 Å². The Balaban J connectivity index is 2.08. The molecule has 22 heavy (non-hydrogen) atoms. The monoisotopic (exact) mass is 300 g/mol. The van der Waals surface area contributed by atoms with Crippen LogP contribution in [0.3, 0.4) is 0 Å². The molecule has 0 saturated heterocycles. The molecule has 0 aromatic heterocycles. The summed E-state index contributed by atoms with van der Waals surface area (Å²) < 4.78 is 0. The summed E-state index contributed by atoms with van der Waals surface area (Å²) in [5, 5.41) is 28.7. The maximum Gasteiger partial charge on any atom is 0.269 e. The van der Waals surface area contributed by atoms with E-state index in [0.717, 1.165) is 16.8 Å². The van der Waals surface area contributed by atoms with Crippen LogP contribution in [0.15, 0.2) is 48.5 Å². The molecule has 2 rings (SSSR count). The first-order valence-corrected chi connectivity index (χ1v) is 6.63. The van der Waals surface area contributed by atoms with Crippen molar-refractivity contribution in [3.8, 4) is 0 Å². The highest BCUT2D eigenvalue weighted by Gasteiger charge is 2.03. The number of anilines is 1. The summed E-state index contributed by atoms with van der Waals surface area (Å²) in [4.78, 5) is 11.6. The fourth-order valence-corrected chi connectivity index (χ4v) is 1.90. The second-order valence-electron chi connectivity index (χ2n) is 4.60. The molecule has 0 aliphatic rings. The largest absolute Gasteiger partial charge is 0.376 e. The number of rotatable bonds is 6. The number of aliphatic hydroxyl groups excluding tert-OH is 2. The number of benzene rings is 2. The van der Waals surface area contributed by atoms with Crippen molar-refractivity contribution in [2.75, 3.05) is 18.4 Å². The molecule has 114 valence electrons. The summed E-state index contributed by atoms with van der Waals surface area (Å²) in [6.07, 6.45) is 3.74. The molecule has 0 unspecified atom stereocenters. The van der Waals surface area contributed by atoms with Crippen molar-refractivity contribution in [3.05, 3.63) is 69.8 Å². The lowest BCUT2D eigenvalue weighted by molar-refractivity contribution is -0.384. The highest BCUT2D eigenvalue weighted by atomic mass is 16.6. The first kappa shape index (κ1) is 15.7. The van der Waals surface area contributed by atoms with Gasteiger partial charge in [-0.1, -0.05) is 24.3 Å². The third-order valence-electron chi connectivity index (χ3n) is 3.17. The van der Waals surface area contributed by atoms with E-state index < -0.39 is 4.92 Å². The number of hydrogen-bond acceptors (Lipinski definition) is 5. The molecule has 2 aromatic rings. The van der Waals surface area contributed by atoms with Crippen LogP contribution < -0.4 is 4.90 Å². The van der Waals surface area contributed by atoms with Crippen molar-refractivity contribution in [1.29, 1.82) is 0 Å². The molecule has 0 bridgehead atoms. The van der Waals surface area contributed by atoms with Crippen LogP contribution in [0.4, 0.5) is 11.4 Å². The van der Waals surface area contributed by atoms with E-state index in [1.54, 1.807) is 24.3 Å². The minimum absolute atomic E-state index is 0.0644. The zero-order valence-electron chi connectivity index (χ0n) is 11.8. The summed E-state index contributed by atoms with van der Waals surface area (Å²) >= 11 is 0. The van der Waals surface area contributed by atoms with E-state index in [2.05, 4.69) is 0 Å². The van der Waals surface area contributed by atoms with Gasteiger partial charge in [0, 0.05) is 17.8 Å². The summed E-state index contributed by atoms with van der Waals surface area (Å²) in [6.45, 7) is -0.511. The molecule has 0 radical (unpaired) electrons. The normalized spacial score (nSPS) is 10.8. The van der Waals surface area contributed by atoms with Gasteiger partial charge >= 0.3 is 0 Å². The van der Waals surface area contributed by atoms with E-state index in [4.69, 9.17) is 10.2 Å². The van der Waals surface area contributed by atoms with Crippen molar-refractivity contribution in [2.45, 2.75) is 0 Å². The first-order valence-electron chi connectivity index (χ1n) is 6.63. The molecule has 0 atom stereocenters. The van der Waals surface area contributed by atoms with Crippen molar-refractivity contribution >= 4 is 23.5 Å². The van der Waals surface area contributed by atoms with Gasteiger partial charge in [-0.2, -0.15) is 0 Å². The molecule has 0 fully saturated rings. The molecule has 0 heterocycles. The van der Waals surface area contributed by atoms with Crippen molar-refractivity contribution in [3.63, 3.8) is 0 Å². The number of nitrogens with zero attached hydrogens (tertiary/aromatic N) is 2. The average molecular weight is 300 g/mol. The first-order chi connectivity index (χ1) is 10.6. The third-order valence-corrected chi connectivity index (χ3v) is 3.17. The van der Waals surface area contributed by atoms with Gasteiger partial charge in [-0.3, -0.25) is 10.1 Å². The molecular formula is C16H16N2O4. The molecular weight excluding hydrogens is 284 g/mol. The minimum Gasteiger partial charge on any atom is -0.376 e. The second kappa shape index (κ2) is 7.35. The highest BCUT2D eigenvalue weighted by molar-refractivity contribution is 5.70. The Morgan fingerprint density at radius 2 is 1.36 bits per heavy atom. The fourth-order valence-electron chi connectivity index (χ4n) is 1.90. The molecule has 0 aliphatic carbocycles. The molecule has 2 aromatic carbocycles. The molecule has 0 spiro atoms. The zero-order valence-corrected chi connectivity index (χ0v) is 11.8. The van der Waals surface area contributed by atoms with Crippen LogP contribution in [0.5, 0.6) is 0 Å². The number of hydrogen-bond donors (Lipinski definition) is 2. The van der Waals surface area contributed by atoms with Gasteiger partial charge < -0.3 is 15.1 Å². The Kier molecular flexibility index (Phi) is 5.24. The van der Waals surface area contributed by atoms with Gasteiger partial charge in [-0.05, 0) is 35.4 Å². The van der Waals surface area contributed by atoms with Crippen LogP contribution in [0, 0.1) is 10.1 Å². The van der Waals surface area contributed by atoms with Gasteiger partial charge in [-0.25, -0.2) is 0 Å². The number of nitro groups is 1. The standard InChI is InChI=1S/C16H16N2O4/c19-11-17(12-20)15-7-3-13(4-8-15)1-2-14-5-9-16(10-6-14)18(21)22/h1-10,19-20H,11-12H2/b2-1+. The van der Waals surface area contributed by atoms with Gasteiger partial charge in [0.2, 0.25) is 0 Å². The maximum absolute atomic E-state index is 10.6. The lowest BCUT2D eigenvalue weighted by Gasteiger charge is -2.18.